The maximum absolute atomic E-state index is 13.2. The Bertz CT molecular complexity index is 843. The first-order chi connectivity index (χ1) is 14.1. The van der Waals surface area contributed by atoms with Gasteiger partial charge >= 0.3 is 0 Å². The molecule has 2 heterocycles. The van der Waals surface area contributed by atoms with Crippen molar-refractivity contribution in [3.8, 4) is 11.1 Å². The molecule has 154 valence electrons. The molecule has 0 aliphatic carbocycles. The Hall–Kier alpha value is -2.80. The van der Waals surface area contributed by atoms with E-state index in [1.165, 1.54) is 13.4 Å². The predicted octanol–water partition coefficient (Wildman–Crippen LogP) is 2.08. The Kier molecular flexibility index (Phi) is 6.93. The summed E-state index contributed by atoms with van der Waals surface area (Å²) in [4.78, 5) is 35.7. The number of rotatable bonds is 7. The molecule has 1 saturated heterocycles. The van der Waals surface area contributed by atoms with Crippen molar-refractivity contribution in [2.45, 2.75) is 26.2 Å². The van der Waals surface area contributed by atoms with Crippen LogP contribution in [0.25, 0.3) is 11.1 Å². The number of piperidine rings is 1. The Morgan fingerprint density at radius 3 is 2.72 bits per heavy atom. The molecule has 1 aliphatic heterocycles. The number of nitrogens with zero attached hydrogens (tertiary/aromatic N) is 3. The zero-order chi connectivity index (χ0) is 20.7. The second kappa shape index (κ2) is 9.60. The number of amides is 2. The molecule has 2 aromatic rings. The first kappa shape index (κ1) is 20.9. The number of likely N-dealkylation sites (tertiary alicyclic amines) is 1. The normalized spacial score (nSPS) is 19.0. The molecule has 1 fully saturated rings. The van der Waals surface area contributed by atoms with Crippen LogP contribution in [-0.2, 0) is 20.7 Å². The fourth-order valence-electron chi connectivity index (χ4n) is 4.08. The average Bonchev–Trinajstić information content (AvgIpc) is 2.75. The number of carbonyl (C=O) groups excluding carboxylic acids is 2. The average molecular weight is 396 g/mol. The molecule has 2 amide bonds. The van der Waals surface area contributed by atoms with Crippen LogP contribution >= 0.6 is 0 Å². The fourth-order valence-corrected chi connectivity index (χ4v) is 4.08. The van der Waals surface area contributed by atoms with Crippen molar-refractivity contribution in [3.63, 3.8) is 0 Å². The number of ether oxygens (including phenoxy) is 1. The van der Waals surface area contributed by atoms with E-state index in [9.17, 15) is 9.59 Å². The van der Waals surface area contributed by atoms with Crippen molar-refractivity contribution < 1.29 is 14.3 Å². The lowest BCUT2D eigenvalue weighted by atomic mass is 9.73. The number of benzene rings is 1. The van der Waals surface area contributed by atoms with Crippen LogP contribution < -0.4 is 5.32 Å². The lowest BCUT2D eigenvalue weighted by Crippen LogP contribution is -2.55. The Labute approximate surface area is 171 Å². The summed E-state index contributed by atoms with van der Waals surface area (Å²) in [5, 5.41) is 2.99. The Morgan fingerprint density at radius 2 is 2.00 bits per heavy atom. The van der Waals surface area contributed by atoms with Gasteiger partial charge in [-0.25, -0.2) is 9.97 Å². The minimum atomic E-state index is -0.677. The van der Waals surface area contributed by atoms with Crippen molar-refractivity contribution in [1.82, 2.24) is 20.2 Å². The Morgan fingerprint density at radius 1 is 1.24 bits per heavy atom. The van der Waals surface area contributed by atoms with E-state index < -0.39 is 5.41 Å². The van der Waals surface area contributed by atoms with Crippen LogP contribution in [0.2, 0.25) is 0 Å². The molecule has 29 heavy (non-hydrogen) atoms. The van der Waals surface area contributed by atoms with Crippen LogP contribution in [0.4, 0.5) is 0 Å². The molecule has 1 atom stereocenters. The molecule has 3 rings (SSSR count). The van der Waals surface area contributed by atoms with E-state index in [0.717, 1.165) is 29.5 Å². The summed E-state index contributed by atoms with van der Waals surface area (Å²) in [6.07, 6.45) is 7.11. The quantitative estimate of drug-likeness (QED) is 0.775. The summed E-state index contributed by atoms with van der Waals surface area (Å²) in [7, 11) is 1.51. The van der Waals surface area contributed by atoms with Gasteiger partial charge in [0, 0.05) is 44.7 Å². The third-order valence-corrected chi connectivity index (χ3v) is 5.43. The van der Waals surface area contributed by atoms with E-state index in [0.29, 0.717) is 26.1 Å². The predicted molar refractivity (Wildman–Crippen MR) is 110 cm³/mol. The van der Waals surface area contributed by atoms with Crippen molar-refractivity contribution in [2.75, 3.05) is 33.4 Å². The number of aromatic nitrogens is 2. The third kappa shape index (κ3) is 4.79. The second-order valence-electron chi connectivity index (χ2n) is 7.45. The van der Waals surface area contributed by atoms with Gasteiger partial charge in [-0.05, 0) is 37.3 Å². The maximum atomic E-state index is 13.2. The molecule has 7 heteroatoms. The van der Waals surface area contributed by atoms with E-state index in [1.54, 1.807) is 17.3 Å². The molecule has 0 bridgehead atoms. The van der Waals surface area contributed by atoms with Gasteiger partial charge in [-0.2, -0.15) is 0 Å². The molecule has 7 nitrogen and oxygen atoms in total. The van der Waals surface area contributed by atoms with Gasteiger partial charge in [0.25, 0.3) is 0 Å². The van der Waals surface area contributed by atoms with Crippen molar-refractivity contribution in [2.24, 2.45) is 5.41 Å². The first-order valence-electron chi connectivity index (χ1n) is 9.98. The highest BCUT2D eigenvalue weighted by Gasteiger charge is 2.43. The van der Waals surface area contributed by atoms with Crippen molar-refractivity contribution >= 4 is 11.8 Å². The Balaban J connectivity index is 1.95. The van der Waals surface area contributed by atoms with Gasteiger partial charge in [0.1, 0.15) is 12.9 Å². The second-order valence-corrected chi connectivity index (χ2v) is 7.45. The molecule has 1 aromatic carbocycles. The summed E-state index contributed by atoms with van der Waals surface area (Å²) < 4.78 is 5.02. The zero-order valence-corrected chi connectivity index (χ0v) is 17.1. The minimum absolute atomic E-state index is 0.00553. The smallest absolute Gasteiger partial charge is 0.248 e. The van der Waals surface area contributed by atoms with E-state index in [1.807, 2.05) is 31.2 Å². The number of methoxy groups -OCH3 is 1. The largest absolute Gasteiger partial charge is 0.375 e. The number of nitrogens with one attached hydrogen (secondary N) is 1. The molecule has 1 aliphatic rings. The first-order valence-corrected chi connectivity index (χ1v) is 9.98. The zero-order valence-electron chi connectivity index (χ0n) is 17.1. The van der Waals surface area contributed by atoms with Crippen LogP contribution in [-0.4, -0.2) is 60.0 Å². The molecular weight excluding hydrogens is 368 g/mol. The number of hydrogen-bond donors (Lipinski definition) is 1. The van der Waals surface area contributed by atoms with Gasteiger partial charge in [0.15, 0.2) is 0 Å². The van der Waals surface area contributed by atoms with Gasteiger partial charge in [-0.3, -0.25) is 9.59 Å². The van der Waals surface area contributed by atoms with Gasteiger partial charge in [-0.1, -0.05) is 24.3 Å². The van der Waals surface area contributed by atoms with Crippen molar-refractivity contribution in [3.05, 3.63) is 48.5 Å². The summed E-state index contributed by atoms with van der Waals surface area (Å²) in [6, 6.07) is 8.01. The molecule has 0 saturated carbocycles. The third-order valence-electron chi connectivity index (χ3n) is 5.43. The van der Waals surface area contributed by atoms with Gasteiger partial charge < -0.3 is 15.0 Å². The van der Waals surface area contributed by atoms with E-state index in [-0.39, 0.29) is 18.4 Å². The topological polar surface area (TPSA) is 84.4 Å². The molecular formula is C22H28N4O3. The highest BCUT2D eigenvalue weighted by atomic mass is 16.5. The van der Waals surface area contributed by atoms with Gasteiger partial charge in [0.05, 0.1) is 5.41 Å². The minimum Gasteiger partial charge on any atom is -0.375 e. The summed E-state index contributed by atoms with van der Waals surface area (Å²) in [6.45, 7) is 3.54. The van der Waals surface area contributed by atoms with Crippen LogP contribution in [0.3, 0.4) is 0 Å². The van der Waals surface area contributed by atoms with Crippen LogP contribution in [0.5, 0.6) is 0 Å². The fraction of sp³-hybridized carbons (Fsp3) is 0.455. The van der Waals surface area contributed by atoms with E-state index in [2.05, 4.69) is 15.3 Å². The maximum Gasteiger partial charge on any atom is 0.248 e. The van der Waals surface area contributed by atoms with Crippen LogP contribution in [0.1, 0.15) is 25.3 Å². The van der Waals surface area contributed by atoms with Gasteiger partial charge in [-0.15, -0.1) is 0 Å². The highest BCUT2D eigenvalue weighted by Crippen LogP contribution is 2.37. The number of carbonyl (C=O) groups is 2. The van der Waals surface area contributed by atoms with E-state index in [4.69, 9.17) is 4.74 Å². The summed E-state index contributed by atoms with van der Waals surface area (Å²) >= 11 is 0. The molecule has 0 radical (unpaired) electrons. The highest BCUT2D eigenvalue weighted by molar-refractivity contribution is 5.85. The number of hydrogen-bond acceptors (Lipinski definition) is 5. The SMILES string of the molecule is CCNC(=O)C1(Cc2ccccc2-c2cncnc2)CCCN(C(=O)COC)C1. The van der Waals surface area contributed by atoms with Crippen molar-refractivity contribution in [1.29, 1.82) is 0 Å². The monoisotopic (exact) mass is 396 g/mol. The lowest BCUT2D eigenvalue weighted by molar-refractivity contribution is -0.144. The van der Waals surface area contributed by atoms with Crippen LogP contribution in [0, 0.1) is 5.41 Å². The van der Waals surface area contributed by atoms with E-state index >= 15 is 0 Å². The molecule has 1 N–H and O–H groups in total. The lowest BCUT2D eigenvalue weighted by Gasteiger charge is -2.42. The standard InChI is InChI=1S/C22H28N4O3/c1-3-25-21(28)22(9-6-10-26(15-22)20(27)14-29-2)11-17-7-4-5-8-19(17)18-12-23-16-24-13-18/h4-5,7-8,12-13,16H,3,6,9-11,14-15H2,1-2H3,(H,25,28). The summed E-state index contributed by atoms with van der Waals surface area (Å²) in [5.74, 6) is -0.0837. The summed E-state index contributed by atoms with van der Waals surface area (Å²) in [5.41, 5.74) is 2.30. The molecule has 0 spiro atoms. The molecule has 1 aromatic heterocycles. The van der Waals surface area contributed by atoms with Gasteiger partial charge in [0.2, 0.25) is 11.8 Å². The van der Waals surface area contributed by atoms with Crippen LogP contribution in [0.15, 0.2) is 43.0 Å². The molecule has 1 unspecified atom stereocenters.